The molecule has 0 saturated heterocycles. The molecule has 1 unspecified atom stereocenters. The van der Waals surface area contributed by atoms with Crippen LogP contribution in [0.15, 0.2) is 76.5 Å². The van der Waals surface area contributed by atoms with Crippen molar-refractivity contribution in [2.24, 2.45) is 0 Å². The summed E-state index contributed by atoms with van der Waals surface area (Å²) in [7, 11) is 0. The minimum absolute atomic E-state index is 0.0265. The number of aliphatic hydroxyl groups excluding tert-OH is 1. The third kappa shape index (κ3) is 3.86. The van der Waals surface area contributed by atoms with Crippen molar-refractivity contribution in [1.82, 2.24) is 10.3 Å². The van der Waals surface area contributed by atoms with Gasteiger partial charge in [0.15, 0.2) is 0 Å². The van der Waals surface area contributed by atoms with Crippen LogP contribution in [-0.2, 0) is 9.59 Å². The van der Waals surface area contributed by atoms with Crippen molar-refractivity contribution in [3.05, 3.63) is 83.7 Å². The number of nitrogens with one attached hydrogen (secondary N) is 2. The number of aliphatic hydroxyl groups is 1. The maximum absolute atomic E-state index is 13.0. The largest absolute Gasteiger partial charge is 0.511 e. The van der Waals surface area contributed by atoms with E-state index in [9.17, 15) is 19.1 Å². The lowest BCUT2D eigenvalue weighted by atomic mass is 10.0. The summed E-state index contributed by atoms with van der Waals surface area (Å²) in [4.78, 5) is 29.0. The zero-order chi connectivity index (χ0) is 20.4. The van der Waals surface area contributed by atoms with Crippen LogP contribution in [0.4, 0.5) is 10.1 Å². The van der Waals surface area contributed by atoms with Crippen molar-refractivity contribution >= 4 is 17.5 Å². The van der Waals surface area contributed by atoms with Crippen molar-refractivity contribution in [2.75, 3.05) is 5.32 Å². The first-order valence-electron chi connectivity index (χ1n) is 8.82. The Balaban J connectivity index is 1.51. The molecule has 4 rings (SSSR count). The number of halogens is 1. The topological polar surface area (TPSA) is 104 Å². The van der Waals surface area contributed by atoms with Crippen molar-refractivity contribution in [1.29, 1.82) is 0 Å². The van der Waals surface area contributed by atoms with Crippen molar-refractivity contribution in [3.8, 4) is 11.5 Å². The average Bonchev–Trinajstić information content (AvgIpc) is 3.20. The highest BCUT2D eigenvalue weighted by molar-refractivity contribution is 6.23. The van der Waals surface area contributed by atoms with E-state index in [1.165, 1.54) is 30.5 Å². The normalized spacial score (nSPS) is 16.4. The fraction of sp³-hybridized carbons (Fsp3) is 0.0952. The number of amides is 2. The monoisotopic (exact) mass is 393 g/mol. The first-order valence-corrected chi connectivity index (χ1v) is 8.82. The molecular formula is C21H16FN3O4. The summed E-state index contributed by atoms with van der Waals surface area (Å²) in [5, 5.41) is 15.4. The van der Waals surface area contributed by atoms with Gasteiger partial charge in [0.25, 0.3) is 11.8 Å². The number of hydrogen-bond donors (Lipinski definition) is 3. The third-order valence-electron chi connectivity index (χ3n) is 4.44. The minimum Gasteiger partial charge on any atom is -0.511 e. The van der Waals surface area contributed by atoms with Gasteiger partial charge in [-0.15, -0.1) is 0 Å². The molecule has 0 fully saturated rings. The molecule has 1 aliphatic rings. The Morgan fingerprint density at radius 2 is 1.90 bits per heavy atom. The molecule has 0 aliphatic carbocycles. The van der Waals surface area contributed by atoms with Gasteiger partial charge >= 0.3 is 0 Å². The predicted octanol–water partition coefficient (Wildman–Crippen LogP) is 3.49. The summed E-state index contributed by atoms with van der Waals surface area (Å²) in [6, 6.07) is 13.6. The maximum Gasteiger partial charge on any atom is 0.264 e. The minimum atomic E-state index is -0.785. The molecule has 2 amide bonds. The van der Waals surface area contributed by atoms with E-state index >= 15 is 0 Å². The van der Waals surface area contributed by atoms with E-state index in [0.29, 0.717) is 17.3 Å². The van der Waals surface area contributed by atoms with Crippen LogP contribution in [0, 0.1) is 5.82 Å². The molecule has 1 aliphatic heterocycles. The fourth-order valence-electron chi connectivity index (χ4n) is 3.00. The molecule has 7 nitrogen and oxygen atoms in total. The van der Waals surface area contributed by atoms with E-state index in [0.717, 1.165) is 5.56 Å². The highest BCUT2D eigenvalue weighted by atomic mass is 19.1. The van der Waals surface area contributed by atoms with Gasteiger partial charge in [0.1, 0.15) is 22.9 Å². The Hall–Kier alpha value is -3.94. The van der Waals surface area contributed by atoms with Gasteiger partial charge in [0.2, 0.25) is 5.89 Å². The van der Waals surface area contributed by atoms with Crippen LogP contribution in [0.2, 0.25) is 0 Å². The molecule has 0 saturated carbocycles. The van der Waals surface area contributed by atoms with Crippen LogP contribution in [0.3, 0.4) is 0 Å². The summed E-state index contributed by atoms with van der Waals surface area (Å²) in [5.41, 5.74) is 0.683. The second-order valence-corrected chi connectivity index (χ2v) is 6.45. The molecule has 0 bridgehead atoms. The van der Waals surface area contributed by atoms with Crippen LogP contribution >= 0.6 is 0 Å². The SMILES string of the molecule is O=C(Nc1ccc(F)cc1)C1=C(O)CC(c2cnc(-c3ccccc3)o2)NC1=O. The molecule has 3 aromatic rings. The van der Waals surface area contributed by atoms with Gasteiger partial charge in [-0.3, -0.25) is 9.59 Å². The van der Waals surface area contributed by atoms with Crippen LogP contribution in [-0.4, -0.2) is 21.9 Å². The summed E-state index contributed by atoms with van der Waals surface area (Å²) in [5.74, 6) is -1.59. The molecule has 3 N–H and O–H groups in total. The van der Waals surface area contributed by atoms with Crippen molar-refractivity contribution in [2.45, 2.75) is 12.5 Å². The Bertz CT molecular complexity index is 1090. The van der Waals surface area contributed by atoms with E-state index in [4.69, 9.17) is 4.42 Å². The van der Waals surface area contributed by atoms with Crippen LogP contribution in [0.25, 0.3) is 11.5 Å². The molecule has 1 atom stereocenters. The number of carbonyl (C=O) groups excluding carboxylic acids is 2. The summed E-state index contributed by atoms with van der Waals surface area (Å²) < 4.78 is 18.7. The zero-order valence-corrected chi connectivity index (χ0v) is 15.1. The molecule has 146 valence electrons. The van der Waals surface area contributed by atoms with Gasteiger partial charge in [-0.1, -0.05) is 18.2 Å². The van der Waals surface area contributed by atoms with E-state index < -0.39 is 29.2 Å². The first-order chi connectivity index (χ1) is 14.0. The Morgan fingerprint density at radius 1 is 1.17 bits per heavy atom. The predicted molar refractivity (Wildman–Crippen MR) is 102 cm³/mol. The number of anilines is 1. The third-order valence-corrected chi connectivity index (χ3v) is 4.44. The number of rotatable bonds is 4. The average molecular weight is 393 g/mol. The van der Waals surface area contributed by atoms with Gasteiger partial charge in [-0.05, 0) is 36.4 Å². The second-order valence-electron chi connectivity index (χ2n) is 6.45. The lowest BCUT2D eigenvalue weighted by Gasteiger charge is -2.23. The molecule has 0 spiro atoms. The number of hydrogen-bond acceptors (Lipinski definition) is 5. The summed E-state index contributed by atoms with van der Waals surface area (Å²) in [6.45, 7) is 0. The summed E-state index contributed by atoms with van der Waals surface area (Å²) in [6.07, 6.45) is 1.45. The van der Waals surface area contributed by atoms with Gasteiger partial charge in [0, 0.05) is 17.7 Å². The lowest BCUT2D eigenvalue weighted by Crippen LogP contribution is -2.39. The molecule has 29 heavy (non-hydrogen) atoms. The summed E-state index contributed by atoms with van der Waals surface area (Å²) >= 11 is 0. The number of aromatic nitrogens is 1. The first kappa shape index (κ1) is 18.4. The maximum atomic E-state index is 13.0. The van der Waals surface area contributed by atoms with E-state index in [1.807, 2.05) is 30.3 Å². The Morgan fingerprint density at radius 3 is 2.59 bits per heavy atom. The highest BCUT2D eigenvalue weighted by Gasteiger charge is 2.34. The van der Waals surface area contributed by atoms with E-state index in [-0.39, 0.29) is 12.2 Å². The molecule has 0 radical (unpaired) electrons. The van der Waals surface area contributed by atoms with Gasteiger partial charge in [0.05, 0.1) is 12.2 Å². The Kier molecular flexibility index (Phi) is 4.82. The van der Waals surface area contributed by atoms with E-state index in [1.54, 1.807) is 0 Å². The van der Waals surface area contributed by atoms with E-state index in [2.05, 4.69) is 15.6 Å². The van der Waals surface area contributed by atoms with Crippen LogP contribution in [0.5, 0.6) is 0 Å². The fourth-order valence-corrected chi connectivity index (χ4v) is 3.00. The van der Waals surface area contributed by atoms with Gasteiger partial charge in [-0.2, -0.15) is 0 Å². The van der Waals surface area contributed by atoms with Crippen LogP contribution < -0.4 is 10.6 Å². The quantitative estimate of drug-likeness (QED) is 0.589. The zero-order valence-electron chi connectivity index (χ0n) is 15.1. The van der Waals surface area contributed by atoms with Crippen LogP contribution in [0.1, 0.15) is 18.2 Å². The molecule has 2 aromatic carbocycles. The number of carbonyl (C=O) groups is 2. The smallest absolute Gasteiger partial charge is 0.264 e. The number of benzene rings is 2. The molecule has 2 heterocycles. The standard InChI is InChI=1S/C21H16FN3O4/c22-13-6-8-14(9-7-13)24-19(27)18-16(26)10-15(25-20(18)28)17-11-23-21(29-17)12-4-2-1-3-5-12/h1-9,11,15,26H,10H2,(H,24,27)(H,25,28). The van der Waals surface area contributed by atoms with Crippen molar-refractivity contribution < 1.29 is 23.5 Å². The molecular weight excluding hydrogens is 377 g/mol. The van der Waals surface area contributed by atoms with Gasteiger partial charge in [-0.25, -0.2) is 9.37 Å². The molecule has 1 aromatic heterocycles. The Labute approximate surface area is 164 Å². The highest BCUT2D eigenvalue weighted by Crippen LogP contribution is 2.30. The number of nitrogens with zero attached hydrogens (tertiary/aromatic N) is 1. The molecule has 8 heteroatoms. The van der Waals surface area contributed by atoms with Gasteiger partial charge < -0.3 is 20.2 Å². The van der Waals surface area contributed by atoms with Crippen molar-refractivity contribution in [3.63, 3.8) is 0 Å². The second kappa shape index (κ2) is 7.59. The number of oxazole rings is 1. The lowest BCUT2D eigenvalue weighted by molar-refractivity contribution is -0.123.